The largest absolute Gasteiger partial charge is 0.573 e. The average molecular weight is 557 g/mol. The molecule has 11 nitrogen and oxygen atoms in total. The van der Waals surface area contributed by atoms with Crippen LogP contribution in [0.3, 0.4) is 0 Å². The van der Waals surface area contributed by atoms with Gasteiger partial charge in [-0.15, -0.1) is 24.5 Å². The van der Waals surface area contributed by atoms with Crippen molar-refractivity contribution in [3.05, 3.63) is 61.2 Å². The third-order valence-corrected chi connectivity index (χ3v) is 6.30. The zero-order valence-electron chi connectivity index (χ0n) is 20.4. The van der Waals surface area contributed by atoms with E-state index in [0.29, 0.717) is 5.01 Å². The number of aryl methyl sites for hydroxylation is 2. The van der Waals surface area contributed by atoms with Crippen molar-refractivity contribution in [2.75, 3.05) is 19.8 Å². The van der Waals surface area contributed by atoms with Crippen LogP contribution in [0.15, 0.2) is 40.1 Å². The Labute approximate surface area is 217 Å². The molecule has 0 atom stereocenters. The van der Waals surface area contributed by atoms with E-state index < -0.39 is 23.4 Å². The number of H-pyrrole nitrogens is 1. The summed E-state index contributed by atoms with van der Waals surface area (Å²) in [4.78, 5) is 34.4. The summed E-state index contributed by atoms with van der Waals surface area (Å²) in [5, 5.41) is 9.88. The number of aliphatic hydroxyl groups excluding tert-OH is 1. The van der Waals surface area contributed by atoms with Crippen molar-refractivity contribution in [1.82, 2.24) is 19.1 Å². The maximum Gasteiger partial charge on any atom is 0.573 e. The summed E-state index contributed by atoms with van der Waals surface area (Å²) >= 11 is 1.44. The lowest BCUT2D eigenvalue weighted by molar-refractivity contribution is -0.668. The van der Waals surface area contributed by atoms with Gasteiger partial charge in [0.05, 0.1) is 0 Å². The monoisotopic (exact) mass is 556 g/mol. The molecule has 0 amide bonds. The fourth-order valence-corrected chi connectivity index (χ4v) is 4.54. The minimum absolute atomic E-state index is 0.0408. The number of benzene rings is 1. The van der Waals surface area contributed by atoms with E-state index in [1.54, 1.807) is 10.8 Å². The summed E-state index contributed by atoms with van der Waals surface area (Å²) in [7, 11) is 1.51. The molecule has 0 aliphatic heterocycles. The zero-order valence-corrected chi connectivity index (χ0v) is 21.3. The molecule has 0 fully saturated rings. The molecule has 2 N–H and O–H groups in total. The fourth-order valence-electron chi connectivity index (χ4n) is 3.77. The Morgan fingerprint density at radius 3 is 2.61 bits per heavy atom. The lowest BCUT2D eigenvalue weighted by Gasteiger charge is -2.11. The van der Waals surface area contributed by atoms with Gasteiger partial charge in [-0.3, -0.25) is 13.9 Å². The second-order valence-electron chi connectivity index (χ2n) is 8.17. The maximum absolute atomic E-state index is 13.3. The van der Waals surface area contributed by atoms with Gasteiger partial charge in [-0.1, -0.05) is 6.07 Å². The Kier molecular flexibility index (Phi) is 8.06. The van der Waals surface area contributed by atoms with Crippen LogP contribution in [0.1, 0.15) is 16.3 Å². The summed E-state index contributed by atoms with van der Waals surface area (Å²) in [5.41, 5.74) is -0.675. The molecular formula is C23H25F3N5O6S+. The van der Waals surface area contributed by atoms with E-state index in [1.807, 2.05) is 6.92 Å². The lowest BCUT2D eigenvalue weighted by atomic mass is 10.3. The summed E-state index contributed by atoms with van der Waals surface area (Å²) in [6.45, 7) is 1.86. The number of aromatic amines is 1. The van der Waals surface area contributed by atoms with Gasteiger partial charge in [0.15, 0.2) is 0 Å². The third-order valence-electron chi connectivity index (χ3n) is 5.40. The Hall–Kier alpha value is -3.85. The number of nitrogens with one attached hydrogen (secondary N) is 1. The van der Waals surface area contributed by atoms with E-state index in [2.05, 4.69) is 14.7 Å². The second-order valence-corrected chi connectivity index (χ2v) is 9.49. The second kappa shape index (κ2) is 11.3. The Bertz CT molecular complexity index is 1540. The van der Waals surface area contributed by atoms with Crippen LogP contribution in [0, 0.1) is 6.92 Å². The number of imidazole rings is 1. The minimum atomic E-state index is -4.82. The van der Waals surface area contributed by atoms with E-state index in [4.69, 9.17) is 9.47 Å². The van der Waals surface area contributed by atoms with Crippen molar-refractivity contribution in [1.29, 1.82) is 0 Å². The number of ether oxygens (including phenoxy) is 3. The first-order chi connectivity index (χ1) is 18.1. The topological polar surface area (TPSA) is 124 Å². The highest BCUT2D eigenvalue weighted by Crippen LogP contribution is 2.26. The highest BCUT2D eigenvalue weighted by molar-refractivity contribution is 7.11. The number of nitrogens with zero attached hydrogens (tertiary/aromatic N) is 4. The van der Waals surface area contributed by atoms with E-state index in [0.717, 1.165) is 21.6 Å². The molecule has 0 saturated heterocycles. The summed E-state index contributed by atoms with van der Waals surface area (Å²) in [6, 6.07) is 5.26. The van der Waals surface area contributed by atoms with Crippen molar-refractivity contribution in [3.8, 4) is 17.5 Å². The number of aliphatic hydroxyl groups is 1. The van der Waals surface area contributed by atoms with Gasteiger partial charge in [0, 0.05) is 37.3 Å². The normalized spacial score (nSPS) is 11.7. The van der Waals surface area contributed by atoms with E-state index in [-0.39, 0.29) is 62.3 Å². The van der Waals surface area contributed by atoms with Crippen molar-refractivity contribution in [2.24, 2.45) is 7.05 Å². The number of halogens is 3. The molecule has 0 aliphatic carbocycles. The van der Waals surface area contributed by atoms with E-state index >= 15 is 0 Å². The van der Waals surface area contributed by atoms with Crippen LogP contribution in [-0.2, 0) is 20.1 Å². The van der Waals surface area contributed by atoms with Gasteiger partial charge in [0.1, 0.15) is 36.3 Å². The molecule has 4 aromatic rings. The predicted octanol–water partition coefficient (Wildman–Crippen LogP) is 1.87. The van der Waals surface area contributed by atoms with Crippen molar-refractivity contribution < 1.29 is 37.1 Å². The molecule has 0 saturated carbocycles. The van der Waals surface area contributed by atoms with Crippen LogP contribution in [-0.4, -0.2) is 50.4 Å². The Morgan fingerprint density at radius 2 is 1.92 bits per heavy atom. The first-order valence-corrected chi connectivity index (χ1v) is 12.3. The zero-order chi connectivity index (χ0) is 27.4. The van der Waals surface area contributed by atoms with Gasteiger partial charge < -0.3 is 19.3 Å². The third kappa shape index (κ3) is 6.16. The van der Waals surface area contributed by atoms with E-state index in [1.165, 1.54) is 35.1 Å². The Balaban J connectivity index is 1.60. The molecule has 0 aliphatic rings. The molecule has 3 heterocycles. The highest BCUT2D eigenvalue weighted by Gasteiger charge is 2.31. The van der Waals surface area contributed by atoms with Crippen LogP contribution < -0.4 is 30.0 Å². The molecule has 15 heteroatoms. The molecule has 4 rings (SSSR count). The molecule has 204 valence electrons. The molecule has 3 aromatic heterocycles. The number of rotatable bonds is 11. The highest BCUT2D eigenvalue weighted by atomic mass is 32.1. The molecule has 0 unspecified atom stereocenters. The molecule has 1 aromatic carbocycles. The predicted molar refractivity (Wildman–Crippen MR) is 130 cm³/mol. The first kappa shape index (κ1) is 27.2. The van der Waals surface area contributed by atoms with Crippen LogP contribution in [0.25, 0.3) is 11.2 Å². The summed E-state index contributed by atoms with van der Waals surface area (Å²) in [5.74, 6) is -0.270. The van der Waals surface area contributed by atoms with Gasteiger partial charge in [0.2, 0.25) is 0 Å². The summed E-state index contributed by atoms with van der Waals surface area (Å²) in [6.07, 6.45) is -2.89. The van der Waals surface area contributed by atoms with Gasteiger partial charge >= 0.3 is 23.6 Å². The number of hydrogen-bond donors (Lipinski definition) is 2. The van der Waals surface area contributed by atoms with E-state index in [9.17, 15) is 27.9 Å². The quantitative estimate of drug-likeness (QED) is 0.214. The Morgan fingerprint density at radius 1 is 1.18 bits per heavy atom. The standard InChI is InChI=1S/C23H24F3N5O6S/c1-14-12-27-17(38-14)13-31-18-19(29(2)22(34)30(20(18)33)7-4-8-32)28-21(31)36-10-9-35-15-5-3-6-16(11-15)37-23(24,25)26/h3,5-6,11-12,32H,4,7-10,13H2,1-2H3/p+1. The SMILES string of the molecule is Cc1cnc(C[n+]2c(OCCOc3cccc(OC(F)(F)F)c3)[nH]c3c2c(=O)n(CCCO)c(=O)n3C)s1. The van der Waals surface area contributed by atoms with Gasteiger partial charge in [-0.2, -0.15) is 9.55 Å². The van der Waals surface area contributed by atoms with Gasteiger partial charge in [-0.25, -0.2) is 9.78 Å². The molecule has 0 radical (unpaired) electrons. The summed E-state index contributed by atoms with van der Waals surface area (Å²) < 4.78 is 56.6. The maximum atomic E-state index is 13.3. The number of fused-ring (bicyclic) bond motifs is 1. The van der Waals surface area contributed by atoms with Crippen LogP contribution in [0.4, 0.5) is 13.2 Å². The lowest BCUT2D eigenvalue weighted by Crippen LogP contribution is -2.45. The number of alkyl halides is 3. The van der Waals surface area contributed by atoms with Crippen molar-refractivity contribution in [3.63, 3.8) is 0 Å². The van der Waals surface area contributed by atoms with Crippen molar-refractivity contribution >= 4 is 22.5 Å². The average Bonchev–Trinajstić information content (AvgIpc) is 3.43. The molecular weight excluding hydrogens is 531 g/mol. The first-order valence-electron chi connectivity index (χ1n) is 11.5. The minimum Gasteiger partial charge on any atom is -0.490 e. The number of thiazole rings is 1. The molecule has 0 bridgehead atoms. The van der Waals surface area contributed by atoms with Crippen LogP contribution >= 0.6 is 11.3 Å². The van der Waals surface area contributed by atoms with Crippen molar-refractivity contribution in [2.45, 2.75) is 32.8 Å². The molecule has 38 heavy (non-hydrogen) atoms. The van der Waals surface area contributed by atoms with Crippen LogP contribution in [0.5, 0.6) is 17.5 Å². The van der Waals surface area contributed by atoms with Gasteiger partial charge in [-0.05, 0) is 25.5 Å². The number of hydrogen-bond acceptors (Lipinski definition) is 8. The number of aromatic nitrogens is 5. The smallest absolute Gasteiger partial charge is 0.490 e. The van der Waals surface area contributed by atoms with Gasteiger partial charge in [0.25, 0.3) is 11.2 Å². The fraction of sp³-hybridized carbons (Fsp3) is 0.391. The van der Waals surface area contributed by atoms with Crippen LogP contribution in [0.2, 0.25) is 0 Å². The molecule has 0 spiro atoms.